The van der Waals surface area contributed by atoms with Crippen LogP contribution in [0.5, 0.6) is 0 Å². The zero-order valence-electron chi connectivity index (χ0n) is 15.2. The van der Waals surface area contributed by atoms with Crippen molar-refractivity contribution in [2.75, 3.05) is 4.90 Å². The van der Waals surface area contributed by atoms with Crippen molar-refractivity contribution in [1.29, 1.82) is 0 Å². The Labute approximate surface area is 183 Å². The molecule has 0 bridgehead atoms. The van der Waals surface area contributed by atoms with Gasteiger partial charge in [-0.2, -0.15) is 5.10 Å². The van der Waals surface area contributed by atoms with E-state index in [2.05, 4.69) is 15.4 Å². The number of halogens is 3. The minimum atomic E-state index is -0.279. The number of rotatable bonds is 4. The Balaban J connectivity index is 1.43. The van der Waals surface area contributed by atoms with Crippen LogP contribution in [0.15, 0.2) is 65.8 Å². The van der Waals surface area contributed by atoms with E-state index in [1.54, 1.807) is 18.2 Å². The molecule has 4 nitrogen and oxygen atoms in total. The van der Waals surface area contributed by atoms with Gasteiger partial charge in [-0.1, -0.05) is 46.9 Å². The normalized spacial score (nSPS) is 13.0. The molecule has 3 aromatic carbocycles. The summed E-state index contributed by atoms with van der Waals surface area (Å²) >= 11 is 17.9. The van der Waals surface area contributed by atoms with Gasteiger partial charge in [0.2, 0.25) is 0 Å². The second-order valence-electron chi connectivity index (χ2n) is 6.68. The van der Waals surface area contributed by atoms with Crippen LogP contribution in [0.3, 0.4) is 0 Å². The van der Waals surface area contributed by atoms with Crippen LogP contribution in [0.4, 0.5) is 5.69 Å². The molecule has 1 aliphatic rings. The lowest BCUT2D eigenvalue weighted by molar-refractivity contribution is 0.0955. The smallest absolute Gasteiger partial charge is 0.271 e. The van der Waals surface area contributed by atoms with E-state index in [4.69, 9.17) is 34.8 Å². The second-order valence-corrected chi connectivity index (χ2v) is 7.96. The summed E-state index contributed by atoms with van der Waals surface area (Å²) in [6.45, 7) is 1.54. The Morgan fingerprint density at radius 3 is 2.38 bits per heavy atom. The fourth-order valence-corrected chi connectivity index (χ4v) is 3.78. The third-order valence-corrected chi connectivity index (χ3v) is 5.53. The second kappa shape index (κ2) is 8.46. The molecular formula is C22H16Cl3N3O. The summed E-state index contributed by atoms with van der Waals surface area (Å²) in [5.74, 6) is -0.279. The fraction of sp³-hybridized carbons (Fsp3) is 0.0909. The van der Waals surface area contributed by atoms with Crippen LogP contribution in [0, 0.1) is 0 Å². The molecule has 0 radical (unpaired) electrons. The standard InChI is InChI=1S/C22H16Cl3N3O/c23-18-5-7-20(8-6-18)28-12-16-2-1-14(9-17(16)13-28)22(29)27-26-11-15-3-4-19(24)10-21(15)25/h1-11H,12-13H2,(H,27,29)/b26-11+. The fourth-order valence-electron chi connectivity index (χ4n) is 3.20. The summed E-state index contributed by atoms with van der Waals surface area (Å²) in [5.41, 5.74) is 7.19. The van der Waals surface area contributed by atoms with Crippen molar-refractivity contribution >= 4 is 52.6 Å². The molecule has 0 spiro atoms. The first-order chi connectivity index (χ1) is 14.0. The van der Waals surface area contributed by atoms with Gasteiger partial charge in [-0.15, -0.1) is 0 Å². The van der Waals surface area contributed by atoms with E-state index in [1.807, 2.05) is 42.5 Å². The van der Waals surface area contributed by atoms with Gasteiger partial charge in [-0.05, 0) is 59.7 Å². The van der Waals surface area contributed by atoms with E-state index in [-0.39, 0.29) is 5.91 Å². The van der Waals surface area contributed by atoms with Gasteiger partial charge in [-0.25, -0.2) is 5.43 Å². The molecule has 29 heavy (non-hydrogen) atoms. The number of nitrogens with one attached hydrogen (secondary N) is 1. The molecule has 0 atom stereocenters. The van der Waals surface area contributed by atoms with Crippen molar-refractivity contribution in [3.63, 3.8) is 0 Å². The van der Waals surface area contributed by atoms with Crippen molar-refractivity contribution in [3.05, 3.63) is 98.0 Å². The average Bonchev–Trinajstić information content (AvgIpc) is 3.13. The number of amides is 1. The zero-order valence-corrected chi connectivity index (χ0v) is 17.5. The molecular weight excluding hydrogens is 429 g/mol. The SMILES string of the molecule is O=C(N/N=C/c1ccc(Cl)cc1Cl)c1ccc2c(c1)CN(c1ccc(Cl)cc1)C2. The van der Waals surface area contributed by atoms with Crippen LogP contribution >= 0.6 is 34.8 Å². The third-order valence-electron chi connectivity index (χ3n) is 4.71. The molecule has 4 rings (SSSR count). The zero-order chi connectivity index (χ0) is 20.4. The van der Waals surface area contributed by atoms with Gasteiger partial charge in [0.1, 0.15) is 0 Å². The van der Waals surface area contributed by atoms with Gasteiger partial charge >= 0.3 is 0 Å². The van der Waals surface area contributed by atoms with Crippen LogP contribution in [0.2, 0.25) is 15.1 Å². The molecule has 0 aliphatic carbocycles. The maximum absolute atomic E-state index is 12.5. The molecule has 3 aromatic rings. The molecule has 0 fully saturated rings. The van der Waals surface area contributed by atoms with Gasteiger partial charge in [0, 0.05) is 39.9 Å². The number of fused-ring (bicyclic) bond motifs is 1. The molecule has 1 amide bonds. The lowest BCUT2D eigenvalue weighted by atomic mass is 10.1. The number of carbonyl (C=O) groups excluding carboxylic acids is 1. The summed E-state index contributed by atoms with van der Waals surface area (Å²) in [6, 6.07) is 18.5. The number of hydrogen-bond donors (Lipinski definition) is 1. The van der Waals surface area contributed by atoms with E-state index in [0.29, 0.717) is 26.2 Å². The molecule has 1 aliphatic heterocycles. The monoisotopic (exact) mass is 443 g/mol. The highest BCUT2D eigenvalue weighted by atomic mass is 35.5. The topological polar surface area (TPSA) is 44.7 Å². The summed E-state index contributed by atoms with van der Waals surface area (Å²) in [5, 5.41) is 5.72. The van der Waals surface area contributed by atoms with E-state index < -0.39 is 0 Å². The van der Waals surface area contributed by atoms with Crippen molar-refractivity contribution < 1.29 is 4.79 Å². The van der Waals surface area contributed by atoms with Crippen LogP contribution in [-0.2, 0) is 13.1 Å². The Morgan fingerprint density at radius 2 is 1.62 bits per heavy atom. The van der Waals surface area contributed by atoms with Crippen LogP contribution in [-0.4, -0.2) is 12.1 Å². The van der Waals surface area contributed by atoms with Crippen molar-refractivity contribution in [2.24, 2.45) is 5.10 Å². The summed E-state index contributed by atoms with van der Waals surface area (Å²) in [6.07, 6.45) is 1.49. The summed E-state index contributed by atoms with van der Waals surface area (Å²) in [7, 11) is 0. The number of anilines is 1. The number of nitrogens with zero attached hydrogens (tertiary/aromatic N) is 2. The van der Waals surface area contributed by atoms with Gasteiger partial charge < -0.3 is 4.90 Å². The number of hydrogen-bond acceptors (Lipinski definition) is 3. The lowest BCUT2D eigenvalue weighted by Crippen LogP contribution is -2.18. The van der Waals surface area contributed by atoms with Crippen LogP contribution < -0.4 is 10.3 Å². The van der Waals surface area contributed by atoms with E-state index in [1.165, 1.54) is 11.8 Å². The highest BCUT2D eigenvalue weighted by Gasteiger charge is 2.20. The molecule has 0 saturated heterocycles. The van der Waals surface area contributed by atoms with Gasteiger partial charge in [0.25, 0.3) is 5.91 Å². The Hall–Kier alpha value is -2.53. The lowest BCUT2D eigenvalue weighted by Gasteiger charge is -2.17. The predicted octanol–water partition coefficient (Wildman–Crippen LogP) is 5.93. The largest absolute Gasteiger partial charge is 0.363 e. The minimum absolute atomic E-state index is 0.279. The summed E-state index contributed by atoms with van der Waals surface area (Å²) in [4.78, 5) is 14.7. The molecule has 0 saturated carbocycles. The highest BCUT2D eigenvalue weighted by molar-refractivity contribution is 6.36. The number of carbonyl (C=O) groups is 1. The number of benzene rings is 3. The van der Waals surface area contributed by atoms with Gasteiger partial charge in [0.15, 0.2) is 0 Å². The average molecular weight is 445 g/mol. The molecule has 7 heteroatoms. The highest BCUT2D eigenvalue weighted by Crippen LogP contribution is 2.29. The maximum Gasteiger partial charge on any atom is 0.271 e. The first-order valence-corrected chi connectivity index (χ1v) is 10.0. The molecule has 146 valence electrons. The Morgan fingerprint density at radius 1 is 0.897 bits per heavy atom. The maximum atomic E-state index is 12.5. The van der Waals surface area contributed by atoms with Gasteiger partial charge in [0.05, 0.1) is 11.2 Å². The molecule has 0 unspecified atom stereocenters. The third kappa shape index (κ3) is 4.56. The molecule has 1 N–H and O–H groups in total. The molecule has 1 heterocycles. The van der Waals surface area contributed by atoms with Crippen LogP contribution in [0.25, 0.3) is 0 Å². The quantitative estimate of drug-likeness (QED) is 0.400. The van der Waals surface area contributed by atoms with Crippen molar-refractivity contribution in [3.8, 4) is 0 Å². The minimum Gasteiger partial charge on any atom is -0.363 e. The van der Waals surface area contributed by atoms with Crippen molar-refractivity contribution in [1.82, 2.24) is 5.43 Å². The van der Waals surface area contributed by atoms with E-state index in [0.717, 1.165) is 24.3 Å². The summed E-state index contributed by atoms with van der Waals surface area (Å²) < 4.78 is 0. The number of hydrazone groups is 1. The van der Waals surface area contributed by atoms with Crippen LogP contribution in [0.1, 0.15) is 27.0 Å². The Kier molecular flexibility index (Phi) is 5.76. The molecule has 0 aromatic heterocycles. The van der Waals surface area contributed by atoms with E-state index in [9.17, 15) is 4.79 Å². The predicted molar refractivity (Wildman–Crippen MR) is 119 cm³/mol. The first-order valence-electron chi connectivity index (χ1n) is 8.90. The van der Waals surface area contributed by atoms with E-state index >= 15 is 0 Å². The first kappa shape index (κ1) is 19.8. The van der Waals surface area contributed by atoms with Gasteiger partial charge in [-0.3, -0.25) is 4.79 Å². The Bertz CT molecular complexity index is 1100. The van der Waals surface area contributed by atoms with Crippen molar-refractivity contribution in [2.45, 2.75) is 13.1 Å².